The van der Waals surface area contributed by atoms with Crippen LogP contribution >= 0.6 is 11.3 Å². The van der Waals surface area contributed by atoms with Crippen LogP contribution in [0.4, 0.5) is 0 Å². The van der Waals surface area contributed by atoms with Crippen LogP contribution in [0.5, 0.6) is 0 Å². The first kappa shape index (κ1) is 34.8. The monoisotopic (exact) mass is 715 g/mol. The molecule has 4 heteroatoms. The highest BCUT2D eigenvalue weighted by atomic mass is 32.1. The average Bonchev–Trinajstić information content (AvgIpc) is 3.63. The van der Waals surface area contributed by atoms with E-state index in [0.29, 0.717) is 17.5 Å². The van der Waals surface area contributed by atoms with E-state index < -0.39 is 0 Å². The third kappa shape index (κ3) is 6.96. The summed E-state index contributed by atoms with van der Waals surface area (Å²) in [5, 5.41) is 2.37. The van der Waals surface area contributed by atoms with Gasteiger partial charge in [-0.05, 0) is 63.9 Å². The zero-order valence-corrected chi connectivity index (χ0v) is 31.4. The lowest BCUT2D eigenvalue weighted by molar-refractivity contribution is 0.420. The van der Waals surface area contributed by atoms with Gasteiger partial charge in [-0.1, -0.05) is 166 Å². The van der Waals surface area contributed by atoms with Crippen molar-refractivity contribution in [2.24, 2.45) is 11.8 Å². The minimum atomic E-state index is 0.101. The highest BCUT2D eigenvalue weighted by Crippen LogP contribution is 2.43. The largest absolute Gasteiger partial charge is 0.208 e. The Morgan fingerprint density at radius 1 is 0.574 bits per heavy atom. The Hall–Kier alpha value is -6.23. The number of fused-ring (bicyclic) bond motifs is 3. The maximum Gasteiger partial charge on any atom is 0.164 e. The molecule has 3 unspecified atom stereocenters. The first-order valence-electron chi connectivity index (χ1n) is 18.5. The maximum absolute atomic E-state index is 5.12. The van der Waals surface area contributed by atoms with E-state index in [4.69, 9.17) is 15.0 Å². The fraction of sp³-hybridized carbons (Fsp3) is 0.100. The molecule has 262 valence electrons. The van der Waals surface area contributed by atoms with Crippen LogP contribution in [0, 0.1) is 11.8 Å². The highest BCUT2D eigenvalue weighted by molar-refractivity contribution is 7.25. The summed E-state index contributed by atoms with van der Waals surface area (Å²) in [6.07, 6.45) is 6.47. The van der Waals surface area contributed by atoms with Gasteiger partial charge in [0.05, 0.1) is 0 Å². The molecule has 8 aromatic rings. The van der Waals surface area contributed by atoms with Crippen LogP contribution in [0.1, 0.15) is 30.9 Å². The molecule has 2 heterocycles. The van der Waals surface area contributed by atoms with Crippen LogP contribution < -0.4 is 0 Å². The number of hydrogen-bond acceptors (Lipinski definition) is 4. The van der Waals surface area contributed by atoms with Crippen LogP contribution in [0.15, 0.2) is 183 Å². The molecule has 8 rings (SSSR count). The van der Waals surface area contributed by atoms with Gasteiger partial charge in [0.25, 0.3) is 0 Å². The molecule has 54 heavy (non-hydrogen) atoms. The number of rotatable bonds is 11. The SMILES string of the molecule is C=C/C(=C\C(c1ccc2sc3cccc(-c4nc(-c5ccccc5)nc(-c5ccccc5)n4)c3c2c1)C(C)C(C)C=C)c1cccc(-c2ccccc2)c1. The van der Waals surface area contributed by atoms with E-state index >= 15 is 0 Å². The molecular weight excluding hydrogens is 675 g/mol. The van der Waals surface area contributed by atoms with Gasteiger partial charge in [0, 0.05) is 42.8 Å². The van der Waals surface area contributed by atoms with E-state index in [9.17, 15) is 0 Å². The van der Waals surface area contributed by atoms with Gasteiger partial charge in [-0.25, -0.2) is 15.0 Å². The fourth-order valence-electron chi connectivity index (χ4n) is 7.24. The van der Waals surface area contributed by atoms with Crippen molar-refractivity contribution in [1.82, 2.24) is 15.0 Å². The van der Waals surface area contributed by atoms with Crippen molar-refractivity contribution in [3.63, 3.8) is 0 Å². The topological polar surface area (TPSA) is 38.7 Å². The molecular formula is C50H41N3S. The zero-order chi connectivity index (χ0) is 37.0. The Kier molecular flexibility index (Phi) is 9.93. The molecule has 0 amide bonds. The standard InChI is InChI=1S/C50H41N3S/c1-5-33(3)34(4)43(31-35(6-2)39-24-16-25-40(30-39)36-18-10-7-11-19-36)41-28-29-45-44(32-41)47-42(26-17-27-46(47)54-45)50-52-48(37-20-12-8-13-21-37)51-49(53-50)38-22-14-9-15-23-38/h5-34,43H,1-2H2,3-4H3/b35-31+. The predicted molar refractivity (Wildman–Crippen MR) is 230 cm³/mol. The average molecular weight is 716 g/mol. The van der Waals surface area contributed by atoms with Gasteiger partial charge in [0.1, 0.15) is 0 Å². The van der Waals surface area contributed by atoms with Crippen LogP contribution in [0.25, 0.3) is 71.0 Å². The lowest BCUT2D eigenvalue weighted by atomic mass is 9.78. The van der Waals surface area contributed by atoms with E-state index in [-0.39, 0.29) is 17.8 Å². The number of benzene rings is 6. The molecule has 0 bridgehead atoms. The number of allylic oxidation sites excluding steroid dienone is 4. The summed E-state index contributed by atoms with van der Waals surface area (Å²) in [4.78, 5) is 15.2. The van der Waals surface area contributed by atoms with E-state index in [1.807, 2.05) is 53.8 Å². The Labute approximate surface area is 321 Å². The second kappa shape index (κ2) is 15.4. The Morgan fingerprint density at radius 2 is 1.17 bits per heavy atom. The van der Waals surface area contributed by atoms with Crippen molar-refractivity contribution in [1.29, 1.82) is 0 Å². The van der Waals surface area contributed by atoms with E-state index in [1.165, 1.54) is 31.5 Å². The van der Waals surface area contributed by atoms with Crippen LogP contribution in [-0.2, 0) is 0 Å². The van der Waals surface area contributed by atoms with E-state index in [1.54, 1.807) is 0 Å². The first-order valence-corrected chi connectivity index (χ1v) is 19.3. The molecule has 0 aliphatic heterocycles. The Bertz CT molecular complexity index is 2570. The zero-order valence-electron chi connectivity index (χ0n) is 30.6. The molecule has 0 aliphatic carbocycles. The van der Waals surface area contributed by atoms with Crippen molar-refractivity contribution in [3.05, 3.63) is 194 Å². The summed E-state index contributed by atoms with van der Waals surface area (Å²) < 4.78 is 2.43. The number of aromatic nitrogens is 3. The summed E-state index contributed by atoms with van der Waals surface area (Å²) in [5.74, 6) is 2.64. The van der Waals surface area contributed by atoms with Gasteiger partial charge in [0.2, 0.25) is 0 Å². The normalized spacial score (nSPS) is 13.4. The minimum Gasteiger partial charge on any atom is -0.208 e. The third-order valence-corrected chi connectivity index (χ3v) is 11.6. The van der Waals surface area contributed by atoms with Crippen LogP contribution in [0.3, 0.4) is 0 Å². The Balaban J connectivity index is 1.29. The second-order valence-electron chi connectivity index (χ2n) is 13.8. The molecule has 3 atom stereocenters. The molecule has 0 saturated carbocycles. The third-order valence-electron chi connectivity index (χ3n) is 10.5. The summed E-state index contributed by atoms with van der Waals surface area (Å²) in [7, 11) is 0. The first-order chi connectivity index (χ1) is 26.5. The molecule has 0 aliphatic rings. The molecule has 2 aromatic heterocycles. The van der Waals surface area contributed by atoms with Crippen molar-refractivity contribution in [3.8, 4) is 45.3 Å². The lowest BCUT2D eigenvalue weighted by Crippen LogP contribution is -2.15. The highest BCUT2D eigenvalue weighted by Gasteiger charge is 2.24. The summed E-state index contributed by atoms with van der Waals surface area (Å²) in [5.41, 5.74) is 8.81. The lowest BCUT2D eigenvalue weighted by Gasteiger charge is -2.26. The summed E-state index contributed by atoms with van der Waals surface area (Å²) in [6.45, 7) is 13.1. The molecule has 0 radical (unpaired) electrons. The number of nitrogens with zero attached hydrogens (tertiary/aromatic N) is 3. The minimum absolute atomic E-state index is 0.101. The van der Waals surface area contributed by atoms with E-state index in [2.05, 4.69) is 154 Å². The van der Waals surface area contributed by atoms with Crippen molar-refractivity contribution in [2.75, 3.05) is 0 Å². The Morgan fingerprint density at radius 3 is 1.80 bits per heavy atom. The summed E-state index contributed by atoms with van der Waals surface area (Å²) >= 11 is 1.81. The van der Waals surface area contributed by atoms with Crippen molar-refractivity contribution >= 4 is 37.1 Å². The van der Waals surface area contributed by atoms with Crippen LogP contribution in [-0.4, -0.2) is 15.0 Å². The van der Waals surface area contributed by atoms with Gasteiger partial charge >= 0.3 is 0 Å². The van der Waals surface area contributed by atoms with Gasteiger partial charge < -0.3 is 0 Å². The molecule has 3 nitrogen and oxygen atoms in total. The number of thiophene rings is 1. The quantitative estimate of drug-likeness (QED) is 0.0988. The van der Waals surface area contributed by atoms with Crippen molar-refractivity contribution < 1.29 is 0 Å². The molecule has 0 saturated heterocycles. The maximum atomic E-state index is 5.12. The molecule has 0 fully saturated rings. The van der Waals surface area contributed by atoms with Gasteiger partial charge in [-0.3, -0.25) is 0 Å². The van der Waals surface area contributed by atoms with Gasteiger partial charge in [0.15, 0.2) is 17.5 Å². The summed E-state index contributed by atoms with van der Waals surface area (Å²) in [6, 6.07) is 53.1. The molecule has 0 spiro atoms. The van der Waals surface area contributed by atoms with E-state index in [0.717, 1.165) is 33.2 Å². The fourth-order valence-corrected chi connectivity index (χ4v) is 8.36. The van der Waals surface area contributed by atoms with Gasteiger partial charge in [-0.15, -0.1) is 17.9 Å². The second-order valence-corrected chi connectivity index (χ2v) is 14.9. The molecule has 0 N–H and O–H groups in total. The number of hydrogen-bond donors (Lipinski definition) is 0. The predicted octanol–water partition coefficient (Wildman–Crippen LogP) is 13.7. The van der Waals surface area contributed by atoms with Gasteiger partial charge in [-0.2, -0.15) is 0 Å². The smallest absolute Gasteiger partial charge is 0.164 e. The van der Waals surface area contributed by atoms with Crippen molar-refractivity contribution in [2.45, 2.75) is 19.8 Å². The molecule has 6 aromatic carbocycles. The van der Waals surface area contributed by atoms with Crippen LogP contribution in [0.2, 0.25) is 0 Å².